The molecule has 27 heavy (non-hydrogen) atoms. The number of aromatic nitrogens is 2. The Morgan fingerprint density at radius 2 is 1.74 bits per heavy atom. The van der Waals surface area contributed by atoms with Gasteiger partial charge in [-0.1, -0.05) is 57.5 Å². The van der Waals surface area contributed by atoms with Crippen LogP contribution in [0.5, 0.6) is 0 Å². The maximum Gasteiger partial charge on any atom is 0.257 e. The van der Waals surface area contributed by atoms with E-state index in [9.17, 15) is 4.79 Å². The van der Waals surface area contributed by atoms with Gasteiger partial charge >= 0.3 is 0 Å². The van der Waals surface area contributed by atoms with Crippen LogP contribution >= 0.6 is 0 Å². The van der Waals surface area contributed by atoms with E-state index in [0.717, 1.165) is 75.5 Å². The molecule has 5 nitrogen and oxygen atoms in total. The van der Waals surface area contributed by atoms with E-state index in [2.05, 4.69) is 54.6 Å². The maximum atomic E-state index is 13.4. The molecular formula is C22H32N4O. The lowest BCUT2D eigenvalue weighted by Crippen LogP contribution is -2.48. The van der Waals surface area contributed by atoms with Crippen LogP contribution in [0.1, 0.15) is 54.5 Å². The third-order valence-corrected chi connectivity index (χ3v) is 5.45. The average Bonchev–Trinajstić information content (AvgIpc) is 3.05. The van der Waals surface area contributed by atoms with Crippen LogP contribution in [0.15, 0.2) is 30.3 Å². The van der Waals surface area contributed by atoms with Gasteiger partial charge in [-0.15, -0.1) is 0 Å². The molecule has 1 amide bonds. The lowest BCUT2D eigenvalue weighted by molar-refractivity contribution is 0.0641. The second-order valence-corrected chi connectivity index (χ2v) is 7.24. The Kier molecular flexibility index (Phi) is 6.67. The Balaban J connectivity index is 1.89. The van der Waals surface area contributed by atoms with E-state index in [4.69, 9.17) is 5.10 Å². The highest BCUT2D eigenvalue weighted by Crippen LogP contribution is 2.21. The van der Waals surface area contributed by atoms with Gasteiger partial charge in [0.15, 0.2) is 0 Å². The van der Waals surface area contributed by atoms with Gasteiger partial charge in [0.05, 0.1) is 23.5 Å². The smallest absolute Gasteiger partial charge is 0.257 e. The van der Waals surface area contributed by atoms with E-state index >= 15 is 0 Å². The number of likely N-dealkylation sites (N-methyl/N-ethyl adjacent to an activating group) is 1. The van der Waals surface area contributed by atoms with Gasteiger partial charge in [-0.05, 0) is 24.9 Å². The first-order valence-corrected chi connectivity index (χ1v) is 10.3. The summed E-state index contributed by atoms with van der Waals surface area (Å²) in [7, 11) is 0. The molecule has 5 heteroatoms. The highest BCUT2D eigenvalue weighted by atomic mass is 16.2. The van der Waals surface area contributed by atoms with Crippen LogP contribution in [-0.2, 0) is 19.4 Å². The molecule has 1 aromatic heterocycles. The largest absolute Gasteiger partial charge is 0.336 e. The monoisotopic (exact) mass is 368 g/mol. The zero-order chi connectivity index (χ0) is 19.2. The van der Waals surface area contributed by atoms with Crippen LogP contribution in [0.2, 0.25) is 0 Å². The normalized spacial score (nSPS) is 15.3. The number of amides is 1. The van der Waals surface area contributed by atoms with Gasteiger partial charge in [0.1, 0.15) is 0 Å². The van der Waals surface area contributed by atoms with E-state index in [-0.39, 0.29) is 5.91 Å². The highest BCUT2D eigenvalue weighted by Gasteiger charge is 2.28. The number of nitrogens with zero attached hydrogens (tertiary/aromatic N) is 4. The van der Waals surface area contributed by atoms with Crippen molar-refractivity contribution in [3.8, 4) is 0 Å². The Labute approximate surface area is 163 Å². The van der Waals surface area contributed by atoms with E-state index < -0.39 is 0 Å². The van der Waals surface area contributed by atoms with Crippen LogP contribution in [0, 0.1) is 0 Å². The number of aryl methyl sites for hydroxylation is 1. The number of hydrogen-bond donors (Lipinski definition) is 0. The van der Waals surface area contributed by atoms with Crippen molar-refractivity contribution in [2.24, 2.45) is 0 Å². The molecule has 0 bridgehead atoms. The molecule has 0 atom stereocenters. The molecule has 0 radical (unpaired) electrons. The molecular weight excluding hydrogens is 336 g/mol. The summed E-state index contributed by atoms with van der Waals surface area (Å²) in [6, 6.07) is 10.4. The third kappa shape index (κ3) is 4.41. The second-order valence-electron chi connectivity index (χ2n) is 7.24. The van der Waals surface area contributed by atoms with Gasteiger partial charge < -0.3 is 9.80 Å². The number of benzene rings is 1. The second kappa shape index (κ2) is 9.18. The van der Waals surface area contributed by atoms with Crippen molar-refractivity contribution >= 4 is 5.91 Å². The zero-order valence-electron chi connectivity index (χ0n) is 16.9. The summed E-state index contributed by atoms with van der Waals surface area (Å²) >= 11 is 0. The van der Waals surface area contributed by atoms with Crippen LogP contribution < -0.4 is 0 Å². The number of hydrogen-bond acceptors (Lipinski definition) is 3. The van der Waals surface area contributed by atoms with Gasteiger partial charge in [0, 0.05) is 26.2 Å². The van der Waals surface area contributed by atoms with Gasteiger partial charge in [-0.2, -0.15) is 5.10 Å². The first kappa shape index (κ1) is 19.6. The first-order valence-electron chi connectivity index (χ1n) is 10.3. The topological polar surface area (TPSA) is 41.4 Å². The number of rotatable bonds is 7. The van der Waals surface area contributed by atoms with Crippen molar-refractivity contribution in [1.29, 1.82) is 0 Å². The fourth-order valence-electron chi connectivity index (χ4n) is 3.88. The summed E-state index contributed by atoms with van der Waals surface area (Å²) in [6.07, 6.45) is 2.67. The maximum absolute atomic E-state index is 13.4. The first-order chi connectivity index (χ1) is 13.2. The fourth-order valence-corrected chi connectivity index (χ4v) is 3.88. The summed E-state index contributed by atoms with van der Waals surface area (Å²) < 4.78 is 2.05. The van der Waals surface area contributed by atoms with Gasteiger partial charge in [-0.25, -0.2) is 0 Å². The summed E-state index contributed by atoms with van der Waals surface area (Å²) in [5.41, 5.74) is 4.12. The SMILES string of the molecule is CCCc1nn(Cc2ccccc2)c(CC)c1C(=O)N1CCN(CC)CC1. The Morgan fingerprint density at radius 3 is 2.33 bits per heavy atom. The zero-order valence-corrected chi connectivity index (χ0v) is 16.9. The minimum Gasteiger partial charge on any atom is -0.336 e. The van der Waals surface area contributed by atoms with Crippen LogP contribution in [-0.4, -0.2) is 58.2 Å². The van der Waals surface area contributed by atoms with Crippen molar-refractivity contribution in [1.82, 2.24) is 19.6 Å². The van der Waals surface area contributed by atoms with Crippen LogP contribution in [0.4, 0.5) is 0 Å². The van der Waals surface area contributed by atoms with E-state index in [1.165, 1.54) is 5.56 Å². The van der Waals surface area contributed by atoms with Crippen molar-refractivity contribution in [3.63, 3.8) is 0 Å². The summed E-state index contributed by atoms with van der Waals surface area (Å²) in [6.45, 7) is 11.8. The summed E-state index contributed by atoms with van der Waals surface area (Å²) in [5, 5.41) is 4.87. The Morgan fingerprint density at radius 1 is 1.04 bits per heavy atom. The standard InChI is InChI=1S/C22H32N4O/c1-4-10-19-21(22(27)25-15-13-24(6-3)14-16-25)20(5-2)26(23-19)17-18-11-8-7-9-12-18/h7-9,11-12H,4-6,10,13-17H2,1-3H3. The number of carbonyl (C=O) groups excluding carboxylic acids is 1. The minimum atomic E-state index is 0.172. The molecule has 0 aliphatic carbocycles. The molecule has 1 aromatic carbocycles. The fraction of sp³-hybridized carbons (Fsp3) is 0.545. The number of carbonyl (C=O) groups is 1. The minimum absolute atomic E-state index is 0.172. The molecule has 1 fully saturated rings. The predicted octanol–water partition coefficient (Wildman–Crippen LogP) is 3.22. The van der Waals surface area contributed by atoms with Crippen molar-refractivity contribution in [2.75, 3.05) is 32.7 Å². The van der Waals surface area contributed by atoms with Crippen molar-refractivity contribution in [3.05, 3.63) is 52.8 Å². The van der Waals surface area contributed by atoms with E-state index in [1.807, 2.05) is 11.0 Å². The predicted molar refractivity (Wildman–Crippen MR) is 109 cm³/mol. The number of piperazine rings is 1. The molecule has 1 saturated heterocycles. The molecule has 0 saturated carbocycles. The lowest BCUT2D eigenvalue weighted by Gasteiger charge is -2.34. The van der Waals surface area contributed by atoms with Gasteiger partial charge in [0.25, 0.3) is 5.91 Å². The molecule has 0 unspecified atom stereocenters. The molecule has 0 N–H and O–H groups in total. The summed E-state index contributed by atoms with van der Waals surface area (Å²) in [4.78, 5) is 17.8. The molecule has 1 aliphatic rings. The van der Waals surface area contributed by atoms with Crippen molar-refractivity contribution in [2.45, 2.75) is 46.6 Å². The molecule has 1 aliphatic heterocycles. The van der Waals surface area contributed by atoms with E-state index in [0.29, 0.717) is 0 Å². The highest BCUT2D eigenvalue weighted by molar-refractivity contribution is 5.96. The van der Waals surface area contributed by atoms with Gasteiger partial charge in [0.2, 0.25) is 0 Å². The van der Waals surface area contributed by atoms with Crippen LogP contribution in [0.3, 0.4) is 0 Å². The van der Waals surface area contributed by atoms with Crippen LogP contribution in [0.25, 0.3) is 0 Å². The Hall–Kier alpha value is -2.14. The Bertz CT molecular complexity index is 745. The third-order valence-electron chi connectivity index (χ3n) is 5.45. The molecule has 2 aromatic rings. The van der Waals surface area contributed by atoms with Gasteiger partial charge in [-0.3, -0.25) is 9.48 Å². The lowest BCUT2D eigenvalue weighted by atomic mass is 10.1. The molecule has 3 rings (SSSR count). The molecule has 146 valence electrons. The average molecular weight is 369 g/mol. The quantitative estimate of drug-likeness (QED) is 0.753. The summed E-state index contributed by atoms with van der Waals surface area (Å²) in [5.74, 6) is 0.172. The van der Waals surface area contributed by atoms with E-state index in [1.54, 1.807) is 0 Å². The van der Waals surface area contributed by atoms with Crippen molar-refractivity contribution < 1.29 is 4.79 Å². The molecule has 0 spiro atoms. The molecule has 2 heterocycles.